The molecule has 3 nitrogen and oxygen atoms in total. The number of nitrogens with one attached hydrogen (secondary N) is 1. The lowest BCUT2D eigenvalue weighted by molar-refractivity contribution is -0.137. The molecule has 4 rings (SSSR count). The molecule has 0 saturated carbocycles. The van der Waals surface area contributed by atoms with Gasteiger partial charge in [-0.1, -0.05) is 24.3 Å². The van der Waals surface area contributed by atoms with Crippen LogP contribution in [-0.2, 0) is 6.18 Å². The molecule has 28 heavy (non-hydrogen) atoms. The van der Waals surface area contributed by atoms with Crippen LogP contribution in [0.5, 0.6) is 0 Å². The van der Waals surface area contributed by atoms with Crippen molar-refractivity contribution in [1.29, 1.82) is 0 Å². The standard InChI is InChI=1S/C22H16F3N3/c1-14-11-17(15-5-7-18(8-6-15)22(23,24)25)12-21(27-14)28-20-4-2-3-16-13-26-10-9-19(16)20/h2-13H,1H3,(H,27,28). The summed E-state index contributed by atoms with van der Waals surface area (Å²) in [5, 5.41) is 5.33. The Morgan fingerprint density at radius 3 is 2.43 bits per heavy atom. The summed E-state index contributed by atoms with van der Waals surface area (Å²) in [4.78, 5) is 8.64. The molecule has 0 fully saturated rings. The van der Waals surface area contributed by atoms with E-state index in [0.717, 1.165) is 39.8 Å². The van der Waals surface area contributed by atoms with Gasteiger partial charge in [-0.2, -0.15) is 13.2 Å². The maximum atomic E-state index is 12.8. The number of hydrogen-bond acceptors (Lipinski definition) is 3. The Balaban J connectivity index is 1.69. The highest BCUT2D eigenvalue weighted by Crippen LogP contribution is 2.32. The molecule has 0 aliphatic rings. The number of nitrogens with zero attached hydrogens (tertiary/aromatic N) is 2. The first-order chi connectivity index (χ1) is 13.4. The fourth-order valence-corrected chi connectivity index (χ4v) is 3.12. The molecule has 2 aromatic carbocycles. The number of aromatic nitrogens is 2. The second-order valence-electron chi connectivity index (χ2n) is 6.48. The Kier molecular flexibility index (Phi) is 4.47. The fraction of sp³-hybridized carbons (Fsp3) is 0.0909. The van der Waals surface area contributed by atoms with Gasteiger partial charge in [-0.3, -0.25) is 4.98 Å². The maximum absolute atomic E-state index is 12.8. The molecule has 2 heterocycles. The largest absolute Gasteiger partial charge is 0.416 e. The Bertz CT molecular complexity index is 1130. The van der Waals surface area contributed by atoms with Gasteiger partial charge in [-0.25, -0.2) is 4.98 Å². The molecule has 4 aromatic rings. The lowest BCUT2D eigenvalue weighted by atomic mass is 10.0. The van der Waals surface area contributed by atoms with Crippen molar-refractivity contribution in [3.63, 3.8) is 0 Å². The third-order valence-electron chi connectivity index (χ3n) is 4.44. The monoisotopic (exact) mass is 379 g/mol. The average molecular weight is 379 g/mol. The maximum Gasteiger partial charge on any atom is 0.416 e. The van der Waals surface area contributed by atoms with Crippen molar-refractivity contribution in [2.75, 3.05) is 5.32 Å². The minimum Gasteiger partial charge on any atom is -0.340 e. The van der Waals surface area contributed by atoms with E-state index in [0.29, 0.717) is 11.4 Å². The SMILES string of the molecule is Cc1cc(-c2ccc(C(F)(F)F)cc2)cc(Nc2cccc3cnccc23)n1. The van der Waals surface area contributed by atoms with Crippen molar-refractivity contribution in [3.8, 4) is 11.1 Å². The van der Waals surface area contributed by atoms with Crippen LogP contribution in [0, 0.1) is 6.92 Å². The molecular weight excluding hydrogens is 363 g/mol. The number of benzene rings is 2. The first-order valence-electron chi connectivity index (χ1n) is 8.66. The van der Waals surface area contributed by atoms with Gasteiger partial charge in [-0.05, 0) is 54.4 Å². The third-order valence-corrected chi connectivity index (χ3v) is 4.44. The summed E-state index contributed by atoms with van der Waals surface area (Å²) >= 11 is 0. The summed E-state index contributed by atoms with van der Waals surface area (Å²) in [6.45, 7) is 1.85. The molecule has 0 unspecified atom stereocenters. The van der Waals surface area contributed by atoms with Gasteiger partial charge in [0.05, 0.1) is 5.56 Å². The topological polar surface area (TPSA) is 37.8 Å². The second-order valence-corrected chi connectivity index (χ2v) is 6.48. The van der Waals surface area contributed by atoms with Crippen molar-refractivity contribution in [2.45, 2.75) is 13.1 Å². The molecule has 0 aliphatic carbocycles. The molecule has 0 amide bonds. The number of hydrogen-bond donors (Lipinski definition) is 1. The molecule has 0 atom stereocenters. The first-order valence-corrected chi connectivity index (χ1v) is 8.66. The molecule has 140 valence electrons. The first kappa shape index (κ1) is 18.0. The van der Waals surface area contributed by atoms with Gasteiger partial charge in [0.1, 0.15) is 5.82 Å². The zero-order valence-electron chi connectivity index (χ0n) is 15.0. The molecular formula is C22H16F3N3. The predicted octanol–water partition coefficient (Wildman–Crippen LogP) is 6.37. The highest BCUT2D eigenvalue weighted by molar-refractivity contribution is 5.94. The van der Waals surface area contributed by atoms with Crippen molar-refractivity contribution >= 4 is 22.3 Å². The Morgan fingerprint density at radius 2 is 1.68 bits per heavy atom. The van der Waals surface area contributed by atoms with Crippen molar-refractivity contribution in [1.82, 2.24) is 9.97 Å². The van der Waals surface area contributed by atoms with Crippen LogP contribution < -0.4 is 5.32 Å². The van der Waals surface area contributed by atoms with Gasteiger partial charge >= 0.3 is 6.18 Å². The molecule has 0 aliphatic heterocycles. The van der Waals surface area contributed by atoms with E-state index in [2.05, 4.69) is 15.3 Å². The highest BCUT2D eigenvalue weighted by atomic mass is 19.4. The lowest BCUT2D eigenvalue weighted by Crippen LogP contribution is -2.04. The van der Waals surface area contributed by atoms with Crippen molar-refractivity contribution in [2.24, 2.45) is 0 Å². The zero-order valence-corrected chi connectivity index (χ0v) is 15.0. The molecule has 0 bridgehead atoms. The summed E-state index contributed by atoms with van der Waals surface area (Å²) in [5.74, 6) is 0.624. The van der Waals surface area contributed by atoms with Gasteiger partial charge in [0, 0.05) is 34.5 Å². The van der Waals surface area contributed by atoms with Crippen LogP contribution in [-0.4, -0.2) is 9.97 Å². The van der Waals surface area contributed by atoms with Gasteiger partial charge < -0.3 is 5.32 Å². The van der Waals surface area contributed by atoms with Crippen LogP contribution in [0.15, 0.2) is 73.1 Å². The van der Waals surface area contributed by atoms with E-state index in [4.69, 9.17) is 0 Å². The summed E-state index contributed by atoms with van der Waals surface area (Å²) in [5.41, 5.74) is 2.48. The lowest BCUT2D eigenvalue weighted by Gasteiger charge is -2.12. The van der Waals surface area contributed by atoms with E-state index < -0.39 is 11.7 Å². The Labute approximate surface area is 159 Å². The molecule has 0 saturated heterocycles. The summed E-state index contributed by atoms with van der Waals surface area (Å²) in [7, 11) is 0. The van der Waals surface area contributed by atoms with Gasteiger partial charge in [-0.15, -0.1) is 0 Å². The van der Waals surface area contributed by atoms with E-state index in [9.17, 15) is 13.2 Å². The number of aryl methyl sites for hydroxylation is 1. The molecule has 6 heteroatoms. The number of pyridine rings is 2. The number of anilines is 2. The fourth-order valence-electron chi connectivity index (χ4n) is 3.12. The second kappa shape index (κ2) is 6.96. The van der Waals surface area contributed by atoms with Crippen LogP contribution in [0.4, 0.5) is 24.7 Å². The summed E-state index contributed by atoms with van der Waals surface area (Å²) in [6, 6.07) is 16.6. The number of fused-ring (bicyclic) bond motifs is 1. The van der Waals surface area contributed by atoms with Gasteiger partial charge in [0.15, 0.2) is 0 Å². The Hall–Kier alpha value is -3.41. The number of halogens is 3. The predicted molar refractivity (Wildman–Crippen MR) is 104 cm³/mol. The van der Waals surface area contributed by atoms with E-state index in [1.54, 1.807) is 12.4 Å². The normalized spacial score (nSPS) is 11.6. The van der Waals surface area contributed by atoms with Crippen molar-refractivity contribution in [3.05, 3.63) is 84.3 Å². The van der Waals surface area contributed by atoms with E-state index in [1.165, 1.54) is 12.1 Å². The molecule has 2 aromatic heterocycles. The minimum atomic E-state index is -4.34. The molecule has 1 N–H and O–H groups in total. The smallest absolute Gasteiger partial charge is 0.340 e. The summed E-state index contributed by atoms with van der Waals surface area (Å²) in [6.07, 6.45) is -0.828. The quantitative estimate of drug-likeness (QED) is 0.450. The van der Waals surface area contributed by atoms with E-state index in [1.807, 2.05) is 43.3 Å². The zero-order chi connectivity index (χ0) is 19.7. The third kappa shape index (κ3) is 3.67. The van der Waals surface area contributed by atoms with Crippen LogP contribution >= 0.6 is 0 Å². The molecule has 0 radical (unpaired) electrons. The number of alkyl halides is 3. The summed E-state index contributed by atoms with van der Waals surface area (Å²) < 4.78 is 38.4. The van der Waals surface area contributed by atoms with E-state index >= 15 is 0 Å². The van der Waals surface area contributed by atoms with Crippen LogP contribution in [0.25, 0.3) is 21.9 Å². The van der Waals surface area contributed by atoms with Crippen molar-refractivity contribution < 1.29 is 13.2 Å². The van der Waals surface area contributed by atoms with E-state index in [-0.39, 0.29) is 0 Å². The minimum absolute atomic E-state index is 0.624. The van der Waals surface area contributed by atoms with Crippen LogP contribution in [0.1, 0.15) is 11.3 Å². The number of rotatable bonds is 3. The average Bonchev–Trinajstić information content (AvgIpc) is 2.67. The van der Waals surface area contributed by atoms with Crippen LogP contribution in [0.3, 0.4) is 0 Å². The van der Waals surface area contributed by atoms with Gasteiger partial charge in [0.2, 0.25) is 0 Å². The van der Waals surface area contributed by atoms with Crippen LogP contribution in [0.2, 0.25) is 0 Å². The Morgan fingerprint density at radius 1 is 0.893 bits per heavy atom. The highest BCUT2D eigenvalue weighted by Gasteiger charge is 2.29. The van der Waals surface area contributed by atoms with Gasteiger partial charge in [0.25, 0.3) is 0 Å². The molecule has 0 spiro atoms.